The van der Waals surface area contributed by atoms with E-state index in [1.165, 1.54) is 30.2 Å². The van der Waals surface area contributed by atoms with Crippen LogP contribution in [0.25, 0.3) is 0 Å². The predicted molar refractivity (Wildman–Crippen MR) is 110 cm³/mol. The van der Waals surface area contributed by atoms with E-state index in [4.69, 9.17) is 4.74 Å². The van der Waals surface area contributed by atoms with Crippen molar-refractivity contribution in [3.8, 4) is 0 Å². The van der Waals surface area contributed by atoms with Gasteiger partial charge in [-0.05, 0) is 37.0 Å². The van der Waals surface area contributed by atoms with E-state index in [1.54, 1.807) is 0 Å². The minimum atomic E-state index is -0.839. The molecule has 0 saturated carbocycles. The standard InChI is InChI=1S/C22H28N2O7/c1-5-6-9-24-19(26)15-8-7-14(11-16(15)20(24)27)21(28)31-12-18(25)23-17(10-13(2)3)22(29)30-4/h7-8,11,13,17H,5-6,9-10,12H2,1-4H3,(H,23,25). The topological polar surface area (TPSA) is 119 Å². The molecule has 1 aromatic rings. The molecule has 1 N–H and O–H groups in total. The summed E-state index contributed by atoms with van der Waals surface area (Å²) in [4.78, 5) is 62.3. The molecule has 1 unspecified atom stereocenters. The Hall–Kier alpha value is -3.23. The molecule has 9 nitrogen and oxygen atoms in total. The SMILES string of the molecule is CCCCN1C(=O)c2ccc(C(=O)OCC(=O)NC(CC(C)C)C(=O)OC)cc2C1=O. The highest BCUT2D eigenvalue weighted by Gasteiger charge is 2.35. The first-order chi connectivity index (χ1) is 14.7. The Morgan fingerprint density at radius 3 is 2.39 bits per heavy atom. The number of imide groups is 1. The number of carbonyl (C=O) groups excluding carboxylic acids is 5. The summed E-state index contributed by atoms with van der Waals surface area (Å²) in [6.45, 7) is 5.47. The van der Waals surface area contributed by atoms with Crippen molar-refractivity contribution in [2.24, 2.45) is 5.92 Å². The number of unbranched alkanes of at least 4 members (excludes halogenated alkanes) is 1. The Kier molecular flexibility index (Phi) is 8.30. The van der Waals surface area contributed by atoms with Crippen molar-refractivity contribution in [1.29, 1.82) is 0 Å². The molecule has 0 aromatic heterocycles. The maximum atomic E-state index is 12.5. The third kappa shape index (κ3) is 5.90. The van der Waals surface area contributed by atoms with Crippen LogP contribution in [-0.4, -0.2) is 60.9 Å². The van der Waals surface area contributed by atoms with E-state index in [1.807, 2.05) is 20.8 Å². The van der Waals surface area contributed by atoms with Crippen LogP contribution in [0, 0.1) is 5.92 Å². The van der Waals surface area contributed by atoms with Gasteiger partial charge in [-0.3, -0.25) is 19.3 Å². The number of ether oxygens (including phenoxy) is 2. The minimum Gasteiger partial charge on any atom is -0.467 e. The van der Waals surface area contributed by atoms with Gasteiger partial charge < -0.3 is 14.8 Å². The quantitative estimate of drug-likeness (QED) is 0.443. The Morgan fingerprint density at radius 1 is 1.10 bits per heavy atom. The average molecular weight is 432 g/mol. The highest BCUT2D eigenvalue weighted by atomic mass is 16.5. The number of hydrogen-bond acceptors (Lipinski definition) is 7. The monoisotopic (exact) mass is 432 g/mol. The molecule has 0 bridgehead atoms. The molecule has 2 rings (SSSR count). The average Bonchev–Trinajstić information content (AvgIpc) is 2.98. The van der Waals surface area contributed by atoms with Gasteiger partial charge in [-0.2, -0.15) is 0 Å². The van der Waals surface area contributed by atoms with Crippen LogP contribution in [0.15, 0.2) is 18.2 Å². The number of rotatable bonds is 10. The number of benzene rings is 1. The normalized spacial score (nSPS) is 13.8. The lowest BCUT2D eigenvalue weighted by Gasteiger charge is -2.18. The van der Waals surface area contributed by atoms with Crippen LogP contribution in [0.5, 0.6) is 0 Å². The van der Waals surface area contributed by atoms with Crippen LogP contribution >= 0.6 is 0 Å². The number of amides is 3. The Balaban J connectivity index is 2.00. The van der Waals surface area contributed by atoms with Crippen molar-refractivity contribution < 1.29 is 33.4 Å². The van der Waals surface area contributed by atoms with Gasteiger partial charge in [-0.25, -0.2) is 9.59 Å². The first-order valence-corrected chi connectivity index (χ1v) is 10.2. The van der Waals surface area contributed by atoms with Crippen LogP contribution in [0.3, 0.4) is 0 Å². The molecule has 0 radical (unpaired) electrons. The molecule has 1 aromatic carbocycles. The molecule has 31 heavy (non-hydrogen) atoms. The van der Waals surface area contributed by atoms with Crippen molar-refractivity contribution in [3.63, 3.8) is 0 Å². The molecule has 9 heteroatoms. The van der Waals surface area contributed by atoms with Crippen LogP contribution in [-0.2, 0) is 19.1 Å². The Labute approximate surface area is 181 Å². The largest absolute Gasteiger partial charge is 0.467 e. The zero-order chi connectivity index (χ0) is 23.1. The minimum absolute atomic E-state index is 0.0525. The molecule has 0 fully saturated rings. The molecule has 0 spiro atoms. The third-order valence-corrected chi connectivity index (χ3v) is 4.80. The number of nitrogens with one attached hydrogen (secondary N) is 1. The highest BCUT2D eigenvalue weighted by Crippen LogP contribution is 2.24. The summed E-state index contributed by atoms with van der Waals surface area (Å²) in [7, 11) is 1.23. The van der Waals surface area contributed by atoms with Crippen molar-refractivity contribution >= 4 is 29.7 Å². The Bertz CT molecular complexity index is 879. The van der Waals surface area contributed by atoms with Gasteiger partial charge in [0.05, 0.1) is 23.8 Å². The van der Waals surface area contributed by atoms with Gasteiger partial charge in [0.2, 0.25) is 0 Å². The molecule has 168 valence electrons. The fourth-order valence-corrected chi connectivity index (χ4v) is 3.22. The third-order valence-electron chi connectivity index (χ3n) is 4.80. The highest BCUT2D eigenvalue weighted by molar-refractivity contribution is 6.22. The second-order valence-electron chi connectivity index (χ2n) is 7.72. The van der Waals surface area contributed by atoms with E-state index in [9.17, 15) is 24.0 Å². The first-order valence-electron chi connectivity index (χ1n) is 10.2. The van der Waals surface area contributed by atoms with E-state index < -0.39 is 36.4 Å². The molecule has 3 amide bonds. The van der Waals surface area contributed by atoms with Crippen molar-refractivity contribution in [1.82, 2.24) is 10.2 Å². The molecular formula is C22H28N2O7. The molecular weight excluding hydrogens is 404 g/mol. The van der Waals surface area contributed by atoms with Gasteiger partial charge in [0.15, 0.2) is 6.61 Å². The van der Waals surface area contributed by atoms with Crippen molar-refractivity contribution in [3.05, 3.63) is 34.9 Å². The van der Waals surface area contributed by atoms with Gasteiger partial charge in [0.1, 0.15) is 6.04 Å². The lowest BCUT2D eigenvalue weighted by Crippen LogP contribution is -2.44. The summed E-state index contributed by atoms with van der Waals surface area (Å²) in [5.74, 6) is -2.74. The molecule has 1 aliphatic heterocycles. The van der Waals surface area contributed by atoms with E-state index in [0.717, 1.165) is 6.42 Å². The number of methoxy groups -OCH3 is 1. The summed E-state index contributed by atoms with van der Waals surface area (Å²) in [6, 6.07) is 3.25. The number of fused-ring (bicyclic) bond motifs is 1. The van der Waals surface area contributed by atoms with Gasteiger partial charge >= 0.3 is 11.9 Å². The maximum Gasteiger partial charge on any atom is 0.338 e. The second kappa shape index (κ2) is 10.7. The van der Waals surface area contributed by atoms with Crippen molar-refractivity contribution in [2.75, 3.05) is 20.3 Å². The lowest BCUT2D eigenvalue weighted by molar-refractivity contribution is -0.145. The fourth-order valence-electron chi connectivity index (χ4n) is 3.22. The summed E-state index contributed by atoms with van der Waals surface area (Å²) < 4.78 is 9.69. The van der Waals surface area contributed by atoms with Crippen LogP contribution in [0.4, 0.5) is 0 Å². The molecule has 1 heterocycles. The zero-order valence-corrected chi connectivity index (χ0v) is 18.2. The van der Waals surface area contributed by atoms with Gasteiger partial charge in [0, 0.05) is 6.54 Å². The molecule has 0 saturated heterocycles. The number of nitrogens with zero attached hydrogens (tertiary/aromatic N) is 1. The van der Waals surface area contributed by atoms with Crippen LogP contribution < -0.4 is 5.32 Å². The van der Waals surface area contributed by atoms with Gasteiger partial charge in [0.25, 0.3) is 17.7 Å². The summed E-state index contributed by atoms with van der Waals surface area (Å²) in [5, 5.41) is 2.49. The molecule has 1 atom stereocenters. The van der Waals surface area contributed by atoms with E-state index in [-0.39, 0.29) is 28.5 Å². The van der Waals surface area contributed by atoms with Gasteiger partial charge in [-0.1, -0.05) is 27.2 Å². The predicted octanol–water partition coefficient (Wildman–Crippen LogP) is 1.94. The summed E-state index contributed by atoms with van der Waals surface area (Å²) in [5.41, 5.74) is 0.435. The second-order valence-corrected chi connectivity index (χ2v) is 7.72. The number of carbonyl (C=O) groups is 5. The van der Waals surface area contributed by atoms with Gasteiger partial charge in [-0.15, -0.1) is 0 Å². The Morgan fingerprint density at radius 2 is 1.77 bits per heavy atom. The maximum absolute atomic E-state index is 12.5. The zero-order valence-electron chi connectivity index (χ0n) is 18.2. The van der Waals surface area contributed by atoms with E-state index in [2.05, 4.69) is 10.1 Å². The van der Waals surface area contributed by atoms with Crippen molar-refractivity contribution in [2.45, 2.75) is 46.1 Å². The van der Waals surface area contributed by atoms with E-state index in [0.29, 0.717) is 19.4 Å². The lowest BCUT2D eigenvalue weighted by atomic mass is 10.0. The smallest absolute Gasteiger partial charge is 0.338 e. The summed E-state index contributed by atoms with van der Waals surface area (Å²) >= 11 is 0. The number of hydrogen-bond donors (Lipinski definition) is 1. The molecule has 1 aliphatic rings. The fraction of sp³-hybridized carbons (Fsp3) is 0.500. The van der Waals surface area contributed by atoms with Crippen LogP contribution in [0.1, 0.15) is 71.1 Å². The molecule has 0 aliphatic carbocycles. The first kappa shape index (κ1) is 24.0. The van der Waals surface area contributed by atoms with E-state index >= 15 is 0 Å². The summed E-state index contributed by atoms with van der Waals surface area (Å²) in [6.07, 6.45) is 1.90. The number of esters is 2. The van der Waals surface area contributed by atoms with Crippen LogP contribution in [0.2, 0.25) is 0 Å².